The van der Waals surface area contributed by atoms with Gasteiger partial charge in [0, 0.05) is 11.6 Å². The third-order valence-corrected chi connectivity index (χ3v) is 3.47. The van der Waals surface area contributed by atoms with Crippen LogP contribution in [0, 0.1) is 6.92 Å². The van der Waals surface area contributed by atoms with Crippen molar-refractivity contribution in [2.24, 2.45) is 0 Å². The molecule has 0 radical (unpaired) electrons. The number of hydrogen-bond donors (Lipinski definition) is 0. The number of fused-ring (bicyclic) bond motifs is 1. The first-order chi connectivity index (χ1) is 9.66. The SMILES string of the molecule is Cc1ccc[n+](CCN2C(=O)c3ccccc3C2=O)c1.[Br-]. The summed E-state index contributed by atoms with van der Waals surface area (Å²) in [5.41, 5.74) is 2.16. The lowest BCUT2D eigenvalue weighted by molar-refractivity contribution is -0.696. The number of pyridine rings is 1. The molecule has 5 heteroatoms. The van der Waals surface area contributed by atoms with Crippen LogP contribution in [0.5, 0.6) is 0 Å². The molecule has 0 atom stereocenters. The Kier molecular flexibility index (Phi) is 4.53. The van der Waals surface area contributed by atoms with E-state index in [4.69, 9.17) is 0 Å². The number of carbonyl (C=O) groups excluding carboxylic acids is 2. The normalized spacial score (nSPS) is 13.1. The molecule has 1 aliphatic rings. The second kappa shape index (κ2) is 6.18. The van der Waals surface area contributed by atoms with Crippen LogP contribution in [-0.2, 0) is 6.54 Å². The average molecular weight is 347 g/mol. The summed E-state index contributed by atoms with van der Waals surface area (Å²) < 4.78 is 1.98. The second-order valence-corrected chi connectivity index (χ2v) is 4.93. The van der Waals surface area contributed by atoms with Crippen LogP contribution in [0.2, 0.25) is 0 Å². The minimum atomic E-state index is -0.196. The molecule has 3 rings (SSSR count). The van der Waals surface area contributed by atoms with Gasteiger partial charge in [-0.25, -0.2) is 4.57 Å². The molecule has 0 saturated carbocycles. The van der Waals surface area contributed by atoms with Gasteiger partial charge in [0.1, 0.15) is 0 Å². The van der Waals surface area contributed by atoms with Crippen molar-refractivity contribution < 1.29 is 31.1 Å². The Bertz CT molecular complexity index is 665. The first kappa shape index (κ1) is 15.4. The van der Waals surface area contributed by atoms with Crippen LogP contribution >= 0.6 is 0 Å². The van der Waals surface area contributed by atoms with Gasteiger partial charge in [0.15, 0.2) is 18.9 Å². The van der Waals surface area contributed by atoms with E-state index in [1.54, 1.807) is 24.3 Å². The molecule has 108 valence electrons. The number of amides is 2. The molecule has 0 fully saturated rings. The number of rotatable bonds is 3. The van der Waals surface area contributed by atoms with Gasteiger partial charge in [-0.3, -0.25) is 14.5 Å². The zero-order valence-electron chi connectivity index (χ0n) is 11.6. The third kappa shape index (κ3) is 2.88. The molecule has 2 heterocycles. The first-order valence-electron chi connectivity index (χ1n) is 6.58. The van der Waals surface area contributed by atoms with Crippen LogP contribution in [0.4, 0.5) is 0 Å². The van der Waals surface area contributed by atoms with Gasteiger partial charge < -0.3 is 17.0 Å². The predicted molar refractivity (Wildman–Crippen MR) is 73.2 cm³/mol. The molecule has 0 unspecified atom stereocenters. The van der Waals surface area contributed by atoms with Crippen molar-refractivity contribution in [3.05, 3.63) is 65.5 Å². The Morgan fingerprint density at radius 3 is 2.19 bits per heavy atom. The molecule has 0 N–H and O–H groups in total. The Balaban J connectivity index is 0.00000161. The number of benzene rings is 1. The Morgan fingerprint density at radius 2 is 1.62 bits per heavy atom. The molecule has 1 aromatic heterocycles. The zero-order valence-corrected chi connectivity index (χ0v) is 13.2. The van der Waals surface area contributed by atoms with Crippen LogP contribution in [0.3, 0.4) is 0 Å². The maximum atomic E-state index is 12.2. The lowest BCUT2D eigenvalue weighted by atomic mass is 10.1. The second-order valence-electron chi connectivity index (χ2n) is 4.93. The summed E-state index contributed by atoms with van der Waals surface area (Å²) in [7, 11) is 0. The van der Waals surface area contributed by atoms with Crippen molar-refractivity contribution in [1.82, 2.24) is 4.90 Å². The monoisotopic (exact) mass is 346 g/mol. The zero-order chi connectivity index (χ0) is 14.1. The molecule has 1 aliphatic heterocycles. The minimum absolute atomic E-state index is 0. The number of carbonyl (C=O) groups is 2. The lowest BCUT2D eigenvalue weighted by Crippen LogP contribution is -3.00. The quantitative estimate of drug-likeness (QED) is 0.505. The smallest absolute Gasteiger partial charge is 0.261 e. The van der Waals surface area contributed by atoms with Crippen LogP contribution in [-0.4, -0.2) is 23.3 Å². The van der Waals surface area contributed by atoms with E-state index >= 15 is 0 Å². The van der Waals surface area contributed by atoms with E-state index in [2.05, 4.69) is 0 Å². The number of aryl methyl sites for hydroxylation is 1. The molecule has 4 nitrogen and oxygen atoms in total. The average Bonchev–Trinajstić information content (AvgIpc) is 2.70. The topological polar surface area (TPSA) is 41.3 Å². The largest absolute Gasteiger partial charge is 1.00 e. The highest BCUT2D eigenvalue weighted by Gasteiger charge is 2.35. The van der Waals surface area contributed by atoms with Crippen LogP contribution < -0.4 is 21.5 Å². The van der Waals surface area contributed by atoms with Crippen LogP contribution in [0.15, 0.2) is 48.8 Å². The number of aromatic nitrogens is 1. The standard InChI is InChI=1S/C16H15N2O2.BrH/c1-12-5-4-8-17(11-12)9-10-18-15(19)13-6-2-3-7-14(13)16(18)20;/h2-8,11H,9-10H2,1H3;1H/q+1;/p-1. The van der Waals surface area contributed by atoms with E-state index in [0.29, 0.717) is 24.2 Å². The van der Waals surface area contributed by atoms with Crippen molar-refractivity contribution in [2.75, 3.05) is 6.54 Å². The number of nitrogens with zero attached hydrogens (tertiary/aromatic N) is 2. The maximum Gasteiger partial charge on any atom is 0.261 e. The van der Waals surface area contributed by atoms with Gasteiger partial charge in [0.2, 0.25) is 0 Å². The fraction of sp³-hybridized carbons (Fsp3) is 0.188. The van der Waals surface area contributed by atoms with Crippen molar-refractivity contribution in [3.63, 3.8) is 0 Å². The summed E-state index contributed by atoms with van der Waals surface area (Å²) in [4.78, 5) is 25.7. The van der Waals surface area contributed by atoms with Gasteiger partial charge in [0.05, 0.1) is 17.7 Å². The lowest BCUT2D eigenvalue weighted by Gasteiger charge is -2.11. The maximum absolute atomic E-state index is 12.2. The van der Waals surface area contributed by atoms with Gasteiger partial charge in [-0.1, -0.05) is 12.1 Å². The summed E-state index contributed by atoms with van der Waals surface area (Å²) in [6.07, 6.45) is 3.93. The van der Waals surface area contributed by atoms with E-state index in [-0.39, 0.29) is 28.8 Å². The molecular formula is C16H15BrN2O2. The molecule has 0 spiro atoms. The summed E-state index contributed by atoms with van der Waals surface area (Å²) in [5.74, 6) is -0.391. The van der Waals surface area contributed by atoms with E-state index in [0.717, 1.165) is 5.56 Å². The Hall–Kier alpha value is -2.01. The van der Waals surface area contributed by atoms with Crippen molar-refractivity contribution in [1.29, 1.82) is 0 Å². The fourth-order valence-electron chi connectivity index (χ4n) is 2.45. The molecular weight excluding hydrogens is 332 g/mol. The molecule has 0 aliphatic carbocycles. The summed E-state index contributed by atoms with van der Waals surface area (Å²) >= 11 is 0. The minimum Gasteiger partial charge on any atom is -1.00 e. The van der Waals surface area contributed by atoms with Gasteiger partial charge in [-0.05, 0) is 25.1 Å². The highest BCUT2D eigenvalue weighted by Crippen LogP contribution is 2.21. The molecule has 21 heavy (non-hydrogen) atoms. The van der Waals surface area contributed by atoms with Gasteiger partial charge in [-0.15, -0.1) is 0 Å². The summed E-state index contributed by atoms with van der Waals surface area (Å²) in [6, 6.07) is 10.9. The Morgan fingerprint density at radius 1 is 1.00 bits per heavy atom. The number of halogens is 1. The first-order valence-corrected chi connectivity index (χ1v) is 6.58. The molecule has 0 bridgehead atoms. The molecule has 0 saturated heterocycles. The van der Waals surface area contributed by atoms with Gasteiger partial charge >= 0.3 is 0 Å². The van der Waals surface area contributed by atoms with E-state index in [9.17, 15) is 9.59 Å². The van der Waals surface area contributed by atoms with E-state index in [1.807, 2.05) is 36.0 Å². The summed E-state index contributed by atoms with van der Waals surface area (Å²) in [5, 5.41) is 0. The molecule has 1 aromatic carbocycles. The van der Waals surface area contributed by atoms with Gasteiger partial charge in [0.25, 0.3) is 11.8 Å². The van der Waals surface area contributed by atoms with Crippen molar-refractivity contribution in [3.8, 4) is 0 Å². The summed E-state index contributed by atoms with van der Waals surface area (Å²) in [6.45, 7) is 3.01. The fourth-order valence-corrected chi connectivity index (χ4v) is 2.45. The third-order valence-electron chi connectivity index (χ3n) is 3.47. The van der Waals surface area contributed by atoms with Gasteiger partial charge in [-0.2, -0.15) is 0 Å². The Labute approximate surface area is 133 Å². The number of hydrogen-bond acceptors (Lipinski definition) is 2. The van der Waals surface area contributed by atoms with Crippen molar-refractivity contribution in [2.45, 2.75) is 13.5 Å². The van der Waals surface area contributed by atoms with Crippen LogP contribution in [0.25, 0.3) is 0 Å². The highest BCUT2D eigenvalue weighted by molar-refractivity contribution is 6.21. The molecule has 2 aromatic rings. The van der Waals surface area contributed by atoms with E-state index in [1.165, 1.54) is 4.90 Å². The predicted octanol–water partition coefficient (Wildman–Crippen LogP) is -1.42. The highest BCUT2D eigenvalue weighted by atomic mass is 79.9. The van der Waals surface area contributed by atoms with Crippen LogP contribution in [0.1, 0.15) is 26.3 Å². The van der Waals surface area contributed by atoms with E-state index < -0.39 is 0 Å². The number of imide groups is 1. The molecule has 2 amide bonds. The van der Waals surface area contributed by atoms with Crippen molar-refractivity contribution >= 4 is 11.8 Å².